The number of nitrogen functional groups attached to an aromatic ring is 1. The molecule has 0 unspecified atom stereocenters. The molecule has 0 aliphatic carbocycles. The van der Waals surface area contributed by atoms with E-state index in [1.54, 1.807) is 60.6 Å². The molecule has 86 valence electrons. The Bertz CT molecular complexity index is 508. The first-order valence-electron chi connectivity index (χ1n) is 5.23. The fraction of sp³-hybridized carbons (Fsp3) is 0.0769. The van der Waals surface area contributed by atoms with Gasteiger partial charge >= 0.3 is 0 Å². The Morgan fingerprint density at radius 3 is 2.47 bits per heavy atom. The normalized spacial score (nSPS) is 9.94. The fourth-order valence-corrected chi connectivity index (χ4v) is 1.48. The lowest BCUT2D eigenvalue weighted by atomic mass is 10.2. The number of carbonyl (C=O) groups is 1. The van der Waals surface area contributed by atoms with E-state index in [9.17, 15) is 4.79 Å². The Labute approximate surface area is 99.7 Å². The van der Waals surface area contributed by atoms with Crippen LogP contribution in [0.4, 0.5) is 11.4 Å². The topological polar surface area (TPSA) is 59.2 Å². The molecule has 2 rings (SSSR count). The summed E-state index contributed by atoms with van der Waals surface area (Å²) in [6, 6.07) is 12.4. The molecule has 1 aromatic heterocycles. The van der Waals surface area contributed by atoms with E-state index in [0.29, 0.717) is 11.4 Å². The van der Waals surface area contributed by atoms with Gasteiger partial charge in [0.25, 0.3) is 5.91 Å². The molecule has 0 saturated heterocycles. The third-order valence-electron chi connectivity index (χ3n) is 2.47. The Morgan fingerprint density at radius 1 is 1.18 bits per heavy atom. The van der Waals surface area contributed by atoms with E-state index in [4.69, 9.17) is 5.73 Å². The summed E-state index contributed by atoms with van der Waals surface area (Å²) in [6.45, 7) is 0. The molecule has 1 amide bonds. The number of rotatable bonds is 2. The molecule has 4 nitrogen and oxygen atoms in total. The molecule has 0 aliphatic rings. The van der Waals surface area contributed by atoms with Crippen LogP contribution in [0.25, 0.3) is 0 Å². The van der Waals surface area contributed by atoms with Gasteiger partial charge in [0.15, 0.2) is 0 Å². The second-order valence-electron chi connectivity index (χ2n) is 3.67. The maximum Gasteiger partial charge on any atom is 0.276 e. The zero-order valence-corrected chi connectivity index (χ0v) is 9.50. The summed E-state index contributed by atoms with van der Waals surface area (Å²) in [5.74, 6) is -0.143. The molecule has 1 heterocycles. The van der Waals surface area contributed by atoms with Crippen LogP contribution in [0.5, 0.6) is 0 Å². The monoisotopic (exact) mass is 227 g/mol. The maximum atomic E-state index is 12.1. The molecular weight excluding hydrogens is 214 g/mol. The quantitative estimate of drug-likeness (QED) is 0.797. The first-order valence-corrected chi connectivity index (χ1v) is 5.23. The van der Waals surface area contributed by atoms with Crippen molar-refractivity contribution in [2.45, 2.75) is 0 Å². The number of carbonyl (C=O) groups excluding carboxylic acids is 1. The second-order valence-corrected chi connectivity index (χ2v) is 3.67. The van der Waals surface area contributed by atoms with E-state index >= 15 is 0 Å². The van der Waals surface area contributed by atoms with Crippen LogP contribution in [-0.4, -0.2) is 17.9 Å². The summed E-state index contributed by atoms with van der Waals surface area (Å²) < 4.78 is 0. The Kier molecular flexibility index (Phi) is 3.05. The van der Waals surface area contributed by atoms with Gasteiger partial charge in [0, 0.05) is 24.6 Å². The predicted octanol–water partition coefficient (Wildman–Crippen LogP) is 1.94. The average Bonchev–Trinajstić information content (AvgIpc) is 2.39. The molecule has 0 radical (unpaired) electrons. The van der Waals surface area contributed by atoms with E-state index in [1.165, 1.54) is 0 Å². The molecule has 2 aromatic rings. The Morgan fingerprint density at radius 2 is 1.88 bits per heavy atom. The standard InChI is InChI=1S/C13H13N3O/c1-16(11-7-5-10(14)6-8-11)13(17)12-4-2-3-9-15-12/h2-9H,14H2,1H3. The molecular formula is C13H13N3O. The number of benzene rings is 1. The maximum absolute atomic E-state index is 12.1. The minimum absolute atomic E-state index is 0.143. The van der Waals surface area contributed by atoms with Crippen LogP contribution in [0.2, 0.25) is 0 Å². The van der Waals surface area contributed by atoms with Gasteiger partial charge in [-0.3, -0.25) is 9.78 Å². The van der Waals surface area contributed by atoms with Crippen molar-refractivity contribution in [3.63, 3.8) is 0 Å². The third kappa shape index (κ3) is 2.42. The van der Waals surface area contributed by atoms with E-state index in [2.05, 4.69) is 4.98 Å². The lowest BCUT2D eigenvalue weighted by molar-refractivity contribution is 0.0988. The lowest BCUT2D eigenvalue weighted by Crippen LogP contribution is -2.26. The van der Waals surface area contributed by atoms with Crippen LogP contribution < -0.4 is 10.6 Å². The second kappa shape index (κ2) is 4.65. The Hall–Kier alpha value is -2.36. The first-order chi connectivity index (χ1) is 8.18. The van der Waals surface area contributed by atoms with Crippen molar-refractivity contribution < 1.29 is 4.79 Å². The number of nitrogens with two attached hydrogens (primary N) is 1. The van der Waals surface area contributed by atoms with E-state index in [1.807, 2.05) is 0 Å². The van der Waals surface area contributed by atoms with Crippen molar-refractivity contribution in [2.24, 2.45) is 0 Å². The average molecular weight is 227 g/mol. The molecule has 4 heteroatoms. The van der Waals surface area contributed by atoms with Gasteiger partial charge in [0.1, 0.15) is 5.69 Å². The van der Waals surface area contributed by atoms with E-state index < -0.39 is 0 Å². The zero-order valence-electron chi connectivity index (χ0n) is 9.50. The SMILES string of the molecule is CN(C(=O)c1ccccn1)c1ccc(N)cc1. The van der Waals surface area contributed by atoms with Gasteiger partial charge in [0.05, 0.1) is 0 Å². The fourth-order valence-electron chi connectivity index (χ4n) is 1.48. The van der Waals surface area contributed by atoms with Crippen LogP contribution in [0.15, 0.2) is 48.7 Å². The van der Waals surface area contributed by atoms with Gasteiger partial charge in [-0.15, -0.1) is 0 Å². The summed E-state index contributed by atoms with van der Waals surface area (Å²) in [5.41, 5.74) is 7.48. The van der Waals surface area contributed by atoms with Gasteiger partial charge in [-0.05, 0) is 36.4 Å². The van der Waals surface area contributed by atoms with Crippen molar-refractivity contribution >= 4 is 17.3 Å². The molecule has 2 N–H and O–H groups in total. The van der Waals surface area contributed by atoms with Gasteiger partial charge in [-0.2, -0.15) is 0 Å². The van der Waals surface area contributed by atoms with Gasteiger partial charge in [-0.25, -0.2) is 0 Å². The smallest absolute Gasteiger partial charge is 0.276 e. The van der Waals surface area contributed by atoms with Crippen LogP contribution in [0, 0.1) is 0 Å². The highest BCUT2D eigenvalue weighted by Crippen LogP contribution is 2.16. The van der Waals surface area contributed by atoms with Crippen LogP contribution in [0.3, 0.4) is 0 Å². The molecule has 17 heavy (non-hydrogen) atoms. The molecule has 1 aromatic carbocycles. The number of hydrogen-bond donors (Lipinski definition) is 1. The molecule has 0 fully saturated rings. The number of hydrogen-bond acceptors (Lipinski definition) is 3. The Balaban J connectivity index is 2.23. The van der Waals surface area contributed by atoms with Crippen molar-refractivity contribution in [3.05, 3.63) is 54.4 Å². The summed E-state index contributed by atoms with van der Waals surface area (Å²) in [6.07, 6.45) is 1.60. The van der Waals surface area contributed by atoms with Crippen LogP contribution in [-0.2, 0) is 0 Å². The summed E-state index contributed by atoms with van der Waals surface area (Å²) in [7, 11) is 1.71. The van der Waals surface area contributed by atoms with Gasteiger partial charge in [-0.1, -0.05) is 6.07 Å². The van der Waals surface area contributed by atoms with Crippen molar-refractivity contribution in [1.82, 2.24) is 4.98 Å². The number of amides is 1. The summed E-state index contributed by atoms with van der Waals surface area (Å²) >= 11 is 0. The number of aromatic nitrogens is 1. The number of nitrogens with zero attached hydrogens (tertiary/aromatic N) is 2. The van der Waals surface area contributed by atoms with Crippen LogP contribution in [0.1, 0.15) is 10.5 Å². The highest BCUT2D eigenvalue weighted by Gasteiger charge is 2.13. The van der Waals surface area contributed by atoms with E-state index in [0.717, 1.165) is 5.69 Å². The van der Waals surface area contributed by atoms with Gasteiger partial charge in [0.2, 0.25) is 0 Å². The van der Waals surface area contributed by atoms with Crippen molar-refractivity contribution in [1.29, 1.82) is 0 Å². The predicted molar refractivity (Wildman–Crippen MR) is 67.8 cm³/mol. The molecule has 0 spiro atoms. The van der Waals surface area contributed by atoms with Crippen molar-refractivity contribution in [3.8, 4) is 0 Å². The number of pyridine rings is 1. The number of anilines is 2. The molecule has 0 atom stereocenters. The zero-order chi connectivity index (χ0) is 12.3. The highest BCUT2D eigenvalue weighted by molar-refractivity contribution is 6.04. The van der Waals surface area contributed by atoms with Crippen LogP contribution >= 0.6 is 0 Å². The minimum Gasteiger partial charge on any atom is -0.399 e. The molecule has 0 aliphatic heterocycles. The third-order valence-corrected chi connectivity index (χ3v) is 2.47. The summed E-state index contributed by atoms with van der Waals surface area (Å²) in [5, 5.41) is 0. The first kappa shape index (κ1) is 11.1. The minimum atomic E-state index is -0.143. The molecule has 0 bridgehead atoms. The van der Waals surface area contributed by atoms with Crippen molar-refractivity contribution in [2.75, 3.05) is 17.7 Å². The summed E-state index contributed by atoms with van der Waals surface area (Å²) in [4.78, 5) is 17.6. The molecule has 0 saturated carbocycles. The van der Waals surface area contributed by atoms with Gasteiger partial charge < -0.3 is 10.6 Å². The largest absolute Gasteiger partial charge is 0.399 e. The lowest BCUT2D eigenvalue weighted by Gasteiger charge is -2.16. The van der Waals surface area contributed by atoms with E-state index in [-0.39, 0.29) is 5.91 Å². The highest BCUT2D eigenvalue weighted by atomic mass is 16.2.